The molecule has 0 aliphatic heterocycles. The summed E-state index contributed by atoms with van der Waals surface area (Å²) in [5.74, 6) is -1.04. The van der Waals surface area contributed by atoms with E-state index in [-0.39, 0.29) is 10.6 Å². The van der Waals surface area contributed by atoms with Crippen molar-refractivity contribution in [3.05, 3.63) is 28.8 Å². The van der Waals surface area contributed by atoms with Gasteiger partial charge in [0.1, 0.15) is 0 Å². The van der Waals surface area contributed by atoms with Crippen LogP contribution in [0.4, 0.5) is 5.69 Å². The van der Waals surface area contributed by atoms with Gasteiger partial charge in [0.25, 0.3) is 0 Å². The average molecular weight is 313 g/mol. The molecule has 0 heterocycles. The molecule has 0 radical (unpaired) electrons. The SMILES string of the molecule is O=C(O)c1ccc(NC(=S)NC2CCCCC2)cc1Cl. The van der Waals surface area contributed by atoms with Crippen molar-refractivity contribution >= 4 is 40.6 Å². The van der Waals surface area contributed by atoms with E-state index in [9.17, 15) is 4.79 Å². The Kier molecular flexibility index (Phi) is 5.20. The Labute approximate surface area is 128 Å². The molecule has 0 atom stereocenters. The molecule has 1 aliphatic carbocycles. The zero-order valence-electron chi connectivity index (χ0n) is 11.0. The molecule has 0 unspecified atom stereocenters. The molecular formula is C14H17ClN2O2S. The predicted molar refractivity (Wildman–Crippen MR) is 84.6 cm³/mol. The van der Waals surface area contributed by atoms with E-state index in [2.05, 4.69) is 10.6 Å². The number of hydrogen-bond acceptors (Lipinski definition) is 2. The van der Waals surface area contributed by atoms with E-state index in [0.29, 0.717) is 16.8 Å². The Bertz CT molecular complexity index is 516. The lowest BCUT2D eigenvalue weighted by atomic mass is 9.96. The number of carbonyl (C=O) groups is 1. The maximum atomic E-state index is 10.9. The van der Waals surface area contributed by atoms with E-state index in [1.54, 1.807) is 12.1 Å². The van der Waals surface area contributed by atoms with Crippen molar-refractivity contribution in [3.63, 3.8) is 0 Å². The quantitative estimate of drug-likeness (QED) is 0.744. The van der Waals surface area contributed by atoms with Gasteiger partial charge < -0.3 is 15.7 Å². The molecule has 0 saturated heterocycles. The van der Waals surface area contributed by atoms with E-state index in [0.717, 1.165) is 12.8 Å². The van der Waals surface area contributed by atoms with Gasteiger partial charge in [-0.1, -0.05) is 30.9 Å². The molecule has 6 heteroatoms. The minimum atomic E-state index is -1.04. The summed E-state index contributed by atoms with van der Waals surface area (Å²) >= 11 is 11.2. The Morgan fingerprint density at radius 3 is 2.60 bits per heavy atom. The lowest BCUT2D eigenvalue weighted by Gasteiger charge is -2.24. The molecule has 3 N–H and O–H groups in total. The smallest absolute Gasteiger partial charge is 0.337 e. The number of rotatable bonds is 3. The Balaban J connectivity index is 1.93. The molecule has 0 amide bonds. The number of hydrogen-bond donors (Lipinski definition) is 3. The number of nitrogens with one attached hydrogen (secondary N) is 2. The van der Waals surface area contributed by atoms with E-state index >= 15 is 0 Å². The van der Waals surface area contributed by atoms with Crippen LogP contribution in [0.5, 0.6) is 0 Å². The first-order chi connectivity index (χ1) is 9.56. The Morgan fingerprint density at radius 1 is 1.30 bits per heavy atom. The second-order valence-electron chi connectivity index (χ2n) is 4.93. The summed E-state index contributed by atoms with van der Waals surface area (Å²) in [5.41, 5.74) is 0.775. The van der Waals surface area contributed by atoms with Gasteiger partial charge in [0.05, 0.1) is 10.6 Å². The highest BCUT2D eigenvalue weighted by atomic mass is 35.5. The summed E-state index contributed by atoms with van der Waals surface area (Å²) in [6, 6.07) is 5.12. The summed E-state index contributed by atoms with van der Waals surface area (Å²) in [4.78, 5) is 10.9. The zero-order valence-corrected chi connectivity index (χ0v) is 12.6. The van der Waals surface area contributed by atoms with Crippen LogP contribution in [-0.2, 0) is 0 Å². The third kappa shape index (κ3) is 4.08. The Hall–Kier alpha value is -1.33. The van der Waals surface area contributed by atoms with E-state index < -0.39 is 5.97 Å². The lowest BCUT2D eigenvalue weighted by Crippen LogP contribution is -2.38. The van der Waals surface area contributed by atoms with Crippen molar-refractivity contribution in [1.29, 1.82) is 0 Å². The number of carboxylic acids is 1. The highest BCUT2D eigenvalue weighted by Gasteiger charge is 2.14. The molecule has 20 heavy (non-hydrogen) atoms. The van der Waals surface area contributed by atoms with E-state index in [4.69, 9.17) is 28.9 Å². The van der Waals surface area contributed by atoms with E-state index in [1.807, 2.05) is 0 Å². The van der Waals surface area contributed by atoms with Crippen molar-refractivity contribution in [2.24, 2.45) is 0 Å². The van der Waals surface area contributed by atoms with Crippen LogP contribution in [-0.4, -0.2) is 22.2 Å². The first-order valence-corrected chi connectivity index (χ1v) is 7.45. The van der Waals surface area contributed by atoms with Gasteiger partial charge in [0, 0.05) is 11.7 Å². The van der Waals surface area contributed by atoms with Crippen molar-refractivity contribution in [2.75, 3.05) is 5.32 Å². The Morgan fingerprint density at radius 2 is 2.00 bits per heavy atom. The van der Waals surface area contributed by atoms with Crippen LogP contribution < -0.4 is 10.6 Å². The molecule has 0 aromatic heterocycles. The third-order valence-corrected chi connectivity index (χ3v) is 3.93. The van der Waals surface area contributed by atoms with Crippen LogP contribution in [0.15, 0.2) is 18.2 Å². The fourth-order valence-corrected chi connectivity index (χ4v) is 2.91. The fraction of sp³-hybridized carbons (Fsp3) is 0.429. The summed E-state index contributed by atoms with van der Waals surface area (Å²) in [5, 5.41) is 16.0. The minimum absolute atomic E-state index is 0.0865. The van der Waals surface area contributed by atoms with Gasteiger partial charge in [-0.15, -0.1) is 0 Å². The maximum Gasteiger partial charge on any atom is 0.337 e. The van der Waals surface area contributed by atoms with Gasteiger partial charge in [-0.05, 0) is 43.3 Å². The van der Waals surface area contributed by atoms with Crippen LogP contribution in [0.25, 0.3) is 0 Å². The van der Waals surface area contributed by atoms with E-state index in [1.165, 1.54) is 25.3 Å². The van der Waals surface area contributed by atoms with Gasteiger partial charge in [-0.3, -0.25) is 0 Å². The molecule has 0 bridgehead atoms. The number of benzene rings is 1. The number of anilines is 1. The maximum absolute atomic E-state index is 10.9. The standard InChI is InChI=1S/C14H17ClN2O2S/c15-12-8-10(6-7-11(12)13(18)19)17-14(20)16-9-4-2-1-3-5-9/h6-9H,1-5H2,(H,18,19)(H2,16,17,20). The van der Waals surface area contributed by atoms with Gasteiger partial charge in [-0.25, -0.2) is 4.79 Å². The normalized spacial score (nSPS) is 15.7. The van der Waals surface area contributed by atoms with Crippen LogP contribution in [0.1, 0.15) is 42.5 Å². The highest BCUT2D eigenvalue weighted by Crippen LogP contribution is 2.21. The topological polar surface area (TPSA) is 61.4 Å². The first kappa shape index (κ1) is 15.1. The van der Waals surface area contributed by atoms with Crippen LogP contribution >= 0.6 is 23.8 Å². The molecule has 1 saturated carbocycles. The van der Waals surface area contributed by atoms with Crippen molar-refractivity contribution in [2.45, 2.75) is 38.1 Å². The zero-order chi connectivity index (χ0) is 14.5. The largest absolute Gasteiger partial charge is 0.478 e. The number of carboxylic acid groups (broad SMARTS) is 1. The van der Waals surface area contributed by atoms with Gasteiger partial charge >= 0.3 is 5.97 Å². The van der Waals surface area contributed by atoms with Gasteiger partial charge in [-0.2, -0.15) is 0 Å². The highest BCUT2D eigenvalue weighted by molar-refractivity contribution is 7.80. The summed E-state index contributed by atoms with van der Waals surface area (Å²) in [6.07, 6.45) is 6.05. The van der Waals surface area contributed by atoms with Crippen LogP contribution in [0.3, 0.4) is 0 Å². The second kappa shape index (κ2) is 6.90. The molecule has 1 fully saturated rings. The molecular weight excluding hydrogens is 296 g/mol. The summed E-state index contributed by atoms with van der Waals surface area (Å²) in [7, 11) is 0. The van der Waals surface area contributed by atoms with Crippen molar-refractivity contribution < 1.29 is 9.90 Å². The van der Waals surface area contributed by atoms with Gasteiger partial charge in [0.2, 0.25) is 0 Å². The van der Waals surface area contributed by atoms with Crippen molar-refractivity contribution in [1.82, 2.24) is 5.32 Å². The molecule has 0 spiro atoms. The molecule has 108 valence electrons. The monoisotopic (exact) mass is 312 g/mol. The third-order valence-electron chi connectivity index (χ3n) is 3.40. The minimum Gasteiger partial charge on any atom is -0.478 e. The predicted octanol–water partition coefficient (Wildman–Crippen LogP) is 3.66. The van der Waals surface area contributed by atoms with Crippen LogP contribution in [0.2, 0.25) is 5.02 Å². The van der Waals surface area contributed by atoms with Gasteiger partial charge in [0.15, 0.2) is 5.11 Å². The molecule has 1 aliphatic rings. The average Bonchev–Trinajstić information content (AvgIpc) is 2.39. The molecule has 1 aromatic carbocycles. The molecule has 1 aromatic rings. The molecule has 2 rings (SSSR count). The number of thiocarbonyl (C=S) groups is 1. The number of aromatic carboxylic acids is 1. The summed E-state index contributed by atoms with van der Waals surface area (Å²) < 4.78 is 0. The van der Waals surface area contributed by atoms with Crippen molar-refractivity contribution in [3.8, 4) is 0 Å². The summed E-state index contributed by atoms with van der Waals surface area (Å²) in [6.45, 7) is 0. The first-order valence-electron chi connectivity index (χ1n) is 6.66. The lowest BCUT2D eigenvalue weighted by molar-refractivity contribution is 0.0697. The fourth-order valence-electron chi connectivity index (χ4n) is 2.37. The number of halogens is 1. The van der Waals surface area contributed by atoms with Crippen LogP contribution in [0, 0.1) is 0 Å². The second-order valence-corrected chi connectivity index (χ2v) is 5.75. The molecule has 4 nitrogen and oxygen atoms in total.